The summed E-state index contributed by atoms with van der Waals surface area (Å²) in [7, 11) is 1.95. The first-order valence-electron chi connectivity index (χ1n) is 12.1. The number of imidazole rings is 1. The predicted molar refractivity (Wildman–Crippen MR) is 146 cm³/mol. The molecule has 0 fully saturated rings. The van der Waals surface area contributed by atoms with Crippen molar-refractivity contribution in [2.45, 2.75) is 13.8 Å². The van der Waals surface area contributed by atoms with E-state index in [1.165, 1.54) is 16.7 Å². The van der Waals surface area contributed by atoms with E-state index in [-0.39, 0.29) is 28.9 Å². The molecule has 0 spiro atoms. The zero-order chi connectivity index (χ0) is 26.6. The first-order valence-corrected chi connectivity index (χ1v) is 13.0. The molecule has 0 saturated carbocycles. The van der Waals surface area contributed by atoms with Crippen LogP contribution < -0.4 is 4.74 Å². The second kappa shape index (κ2) is 9.29. The van der Waals surface area contributed by atoms with Crippen LogP contribution in [-0.4, -0.2) is 21.1 Å². The highest BCUT2D eigenvalue weighted by Crippen LogP contribution is 2.48. The van der Waals surface area contributed by atoms with Crippen LogP contribution in [0.25, 0.3) is 54.8 Å². The van der Waals surface area contributed by atoms with E-state index in [2.05, 4.69) is 4.98 Å². The molecule has 8 heteroatoms. The lowest BCUT2D eigenvalue weighted by Crippen LogP contribution is -2.02. The topological polar surface area (TPSA) is 39.9 Å². The van der Waals surface area contributed by atoms with Crippen LogP contribution in [0.1, 0.15) is 12.7 Å². The molecule has 4 nitrogen and oxygen atoms in total. The highest BCUT2D eigenvalue weighted by molar-refractivity contribution is 7.17. The van der Waals surface area contributed by atoms with Crippen LogP contribution in [0.2, 0.25) is 0 Å². The van der Waals surface area contributed by atoms with Gasteiger partial charge in [-0.2, -0.15) is 0 Å². The monoisotopic (exact) mass is 529 g/mol. The maximum absolute atomic E-state index is 15.7. The fraction of sp³-hybridized carbons (Fsp3) is 0.133. The SMILES string of the molecule is CCOc1cc(F)cc(F)c1-c1c(-c2ccccc2)nc(-c2ccc3c(c2)nc(C)n3C)c2scc(F)c12. The summed E-state index contributed by atoms with van der Waals surface area (Å²) in [4.78, 5) is 9.67. The molecule has 0 aliphatic rings. The highest BCUT2D eigenvalue weighted by Gasteiger charge is 2.27. The van der Waals surface area contributed by atoms with E-state index < -0.39 is 17.5 Å². The Balaban J connectivity index is 1.74. The first-order chi connectivity index (χ1) is 18.4. The first kappa shape index (κ1) is 24.2. The molecule has 0 saturated heterocycles. The van der Waals surface area contributed by atoms with Crippen LogP contribution >= 0.6 is 11.3 Å². The smallest absolute Gasteiger partial charge is 0.142 e. The number of benzene rings is 3. The normalized spacial score (nSPS) is 11.5. The Hall–Kier alpha value is -4.17. The molecule has 0 N–H and O–H groups in total. The lowest BCUT2D eigenvalue weighted by Gasteiger charge is -2.18. The molecule has 3 aromatic heterocycles. The van der Waals surface area contributed by atoms with Gasteiger partial charge in [0, 0.05) is 46.6 Å². The molecule has 6 aromatic rings. The minimum Gasteiger partial charge on any atom is -0.493 e. The third kappa shape index (κ3) is 3.83. The number of hydrogen-bond acceptors (Lipinski definition) is 4. The molecule has 0 amide bonds. The summed E-state index contributed by atoms with van der Waals surface area (Å²) in [5, 5.41) is 1.60. The van der Waals surface area contributed by atoms with Crippen LogP contribution in [0, 0.1) is 24.4 Å². The molecule has 3 heterocycles. The number of thiophene rings is 1. The molecule has 38 heavy (non-hydrogen) atoms. The molecule has 6 rings (SSSR count). The summed E-state index contributed by atoms with van der Waals surface area (Å²) in [5.74, 6) is -1.28. The molecule has 190 valence electrons. The Bertz CT molecular complexity index is 1840. The number of aromatic nitrogens is 3. The summed E-state index contributed by atoms with van der Waals surface area (Å²) in [5.41, 5.74) is 4.32. The largest absolute Gasteiger partial charge is 0.493 e. The zero-order valence-corrected chi connectivity index (χ0v) is 21.7. The zero-order valence-electron chi connectivity index (χ0n) is 20.8. The number of aryl methyl sites for hydroxylation is 2. The van der Waals surface area contributed by atoms with Crippen LogP contribution in [-0.2, 0) is 7.05 Å². The number of rotatable bonds is 5. The van der Waals surface area contributed by atoms with E-state index in [0.717, 1.165) is 34.6 Å². The average Bonchev–Trinajstić information content (AvgIpc) is 3.42. The molecule has 0 aliphatic heterocycles. The quantitative estimate of drug-likeness (QED) is 0.225. The van der Waals surface area contributed by atoms with Gasteiger partial charge in [-0.3, -0.25) is 0 Å². The number of pyridine rings is 1. The van der Waals surface area contributed by atoms with Gasteiger partial charge in [0.25, 0.3) is 0 Å². The fourth-order valence-corrected chi connectivity index (χ4v) is 5.79. The van der Waals surface area contributed by atoms with E-state index in [9.17, 15) is 4.39 Å². The summed E-state index contributed by atoms with van der Waals surface area (Å²) in [6, 6.07) is 16.9. The molecule has 0 bridgehead atoms. The number of nitrogens with zero attached hydrogens (tertiary/aromatic N) is 3. The molecule has 0 unspecified atom stereocenters. The molecular formula is C30H22F3N3OS. The van der Waals surface area contributed by atoms with Crippen molar-refractivity contribution in [2.24, 2.45) is 7.05 Å². The summed E-state index contributed by atoms with van der Waals surface area (Å²) in [6.07, 6.45) is 0. The van der Waals surface area contributed by atoms with Crippen molar-refractivity contribution in [2.75, 3.05) is 6.61 Å². The second-order valence-electron chi connectivity index (χ2n) is 8.95. The summed E-state index contributed by atoms with van der Waals surface area (Å²) < 4.78 is 53.6. The Morgan fingerprint density at radius 1 is 0.868 bits per heavy atom. The van der Waals surface area contributed by atoms with Crippen LogP contribution in [0.15, 0.2) is 66.0 Å². The Kier molecular flexibility index (Phi) is 5.91. The van der Waals surface area contributed by atoms with E-state index in [0.29, 0.717) is 21.7 Å². The molecule has 0 radical (unpaired) electrons. The van der Waals surface area contributed by atoms with Crippen molar-refractivity contribution in [3.05, 3.63) is 89.3 Å². The predicted octanol–water partition coefficient (Wildman–Crippen LogP) is 8.31. The van der Waals surface area contributed by atoms with Crippen molar-refractivity contribution in [1.29, 1.82) is 0 Å². The van der Waals surface area contributed by atoms with Gasteiger partial charge in [0.15, 0.2) is 0 Å². The van der Waals surface area contributed by atoms with Gasteiger partial charge in [-0.05, 0) is 26.0 Å². The third-order valence-electron chi connectivity index (χ3n) is 6.67. The van der Waals surface area contributed by atoms with Crippen LogP contribution in [0.5, 0.6) is 5.75 Å². The van der Waals surface area contributed by atoms with Crippen molar-refractivity contribution in [3.63, 3.8) is 0 Å². The van der Waals surface area contributed by atoms with Crippen molar-refractivity contribution in [3.8, 4) is 39.4 Å². The van der Waals surface area contributed by atoms with E-state index in [1.807, 2.05) is 67.1 Å². The van der Waals surface area contributed by atoms with Crippen molar-refractivity contribution in [1.82, 2.24) is 14.5 Å². The van der Waals surface area contributed by atoms with Gasteiger partial charge in [-0.15, -0.1) is 11.3 Å². The van der Waals surface area contributed by atoms with E-state index >= 15 is 8.78 Å². The maximum atomic E-state index is 15.7. The van der Waals surface area contributed by atoms with Gasteiger partial charge >= 0.3 is 0 Å². The minimum absolute atomic E-state index is 0.00554. The van der Waals surface area contributed by atoms with Gasteiger partial charge in [0.05, 0.1) is 39.3 Å². The lowest BCUT2D eigenvalue weighted by atomic mass is 9.93. The standard InChI is InChI=1S/C30H22F3N3OS/c1-4-37-24-14-19(31)13-20(32)25(24)27-26-21(33)15-38-30(26)29(35-28(27)17-8-6-5-7-9-17)18-10-11-23-22(12-18)34-16(2)36(23)3/h5-15H,4H2,1-3H3. The van der Waals surface area contributed by atoms with Gasteiger partial charge < -0.3 is 9.30 Å². The van der Waals surface area contributed by atoms with Crippen LogP contribution in [0.4, 0.5) is 13.2 Å². The third-order valence-corrected chi connectivity index (χ3v) is 7.62. The molecular weight excluding hydrogens is 507 g/mol. The second-order valence-corrected chi connectivity index (χ2v) is 9.83. The van der Waals surface area contributed by atoms with E-state index in [4.69, 9.17) is 9.72 Å². The fourth-order valence-electron chi connectivity index (χ4n) is 4.85. The van der Waals surface area contributed by atoms with Gasteiger partial charge in [-0.25, -0.2) is 23.1 Å². The Morgan fingerprint density at radius 3 is 2.42 bits per heavy atom. The van der Waals surface area contributed by atoms with Gasteiger partial charge in [-0.1, -0.05) is 36.4 Å². The van der Waals surface area contributed by atoms with Crippen molar-refractivity contribution >= 4 is 32.5 Å². The lowest BCUT2D eigenvalue weighted by molar-refractivity contribution is 0.337. The minimum atomic E-state index is -0.850. The van der Waals surface area contributed by atoms with Gasteiger partial charge in [0.1, 0.15) is 29.0 Å². The number of fused-ring (bicyclic) bond motifs is 2. The summed E-state index contributed by atoms with van der Waals surface area (Å²) in [6.45, 7) is 3.84. The number of ether oxygens (including phenoxy) is 1. The number of hydrogen-bond donors (Lipinski definition) is 0. The Morgan fingerprint density at radius 2 is 1.66 bits per heavy atom. The average molecular weight is 530 g/mol. The highest BCUT2D eigenvalue weighted by atomic mass is 32.1. The molecule has 0 aliphatic carbocycles. The number of halogens is 3. The van der Waals surface area contributed by atoms with Crippen LogP contribution in [0.3, 0.4) is 0 Å². The molecule has 3 aromatic carbocycles. The van der Waals surface area contributed by atoms with Gasteiger partial charge in [0.2, 0.25) is 0 Å². The molecule has 0 atom stereocenters. The van der Waals surface area contributed by atoms with E-state index in [1.54, 1.807) is 6.92 Å². The Labute approximate surface area is 221 Å². The summed E-state index contributed by atoms with van der Waals surface area (Å²) >= 11 is 1.19. The maximum Gasteiger partial charge on any atom is 0.142 e. The van der Waals surface area contributed by atoms with Crippen molar-refractivity contribution < 1.29 is 17.9 Å².